The maximum absolute atomic E-state index is 13.4. The van der Waals surface area contributed by atoms with E-state index in [0.717, 1.165) is 42.8 Å². The Morgan fingerprint density at radius 2 is 1.66 bits per heavy atom. The molecule has 0 unspecified atom stereocenters. The number of anilines is 1. The second-order valence-electron chi connectivity index (χ2n) is 9.39. The number of hydrazone groups is 1. The summed E-state index contributed by atoms with van der Waals surface area (Å²) in [4.78, 5) is 30.4. The summed E-state index contributed by atoms with van der Waals surface area (Å²) >= 11 is 0. The number of fused-ring (bicyclic) bond motifs is 1. The average Bonchev–Trinajstić information content (AvgIpc) is 3.23. The molecule has 0 spiro atoms. The highest BCUT2D eigenvalue weighted by Gasteiger charge is 2.21. The molecule has 0 atom stereocenters. The summed E-state index contributed by atoms with van der Waals surface area (Å²) in [6.45, 7) is 6.21. The van der Waals surface area contributed by atoms with Crippen LogP contribution in [0.1, 0.15) is 33.6 Å². The number of nitrogens with one attached hydrogen (secondary N) is 1. The van der Waals surface area contributed by atoms with E-state index in [1.165, 1.54) is 30.0 Å². The number of pyridine rings is 1. The van der Waals surface area contributed by atoms with E-state index in [1.807, 2.05) is 37.4 Å². The molecular formula is C30H30FN5O2. The zero-order chi connectivity index (χ0) is 26.5. The minimum absolute atomic E-state index is 0.157. The predicted octanol–water partition coefficient (Wildman–Crippen LogP) is 4.28. The first-order valence-electron chi connectivity index (χ1n) is 12.8. The molecule has 4 aromatic rings. The third-order valence-electron chi connectivity index (χ3n) is 6.99. The number of hydrogen-bond donors (Lipinski definition) is 1. The number of benzene rings is 2. The number of carbonyl (C=O) groups is 2. The second-order valence-corrected chi connectivity index (χ2v) is 9.39. The summed E-state index contributed by atoms with van der Waals surface area (Å²) in [7, 11) is 0. The van der Waals surface area contributed by atoms with Crippen LogP contribution in [0.2, 0.25) is 0 Å². The molecule has 1 saturated heterocycles. The number of rotatable bonds is 8. The van der Waals surface area contributed by atoms with E-state index >= 15 is 0 Å². The topological polar surface area (TPSA) is 69.4 Å². The van der Waals surface area contributed by atoms with Gasteiger partial charge in [-0.15, -0.1) is 0 Å². The molecule has 8 heteroatoms. The van der Waals surface area contributed by atoms with Crippen LogP contribution in [0.5, 0.6) is 0 Å². The number of ketones is 1. The molecule has 0 radical (unpaired) electrons. The molecule has 1 aliphatic rings. The quantitative estimate of drug-likeness (QED) is 0.218. The molecule has 194 valence electrons. The number of halogens is 1. The molecule has 1 N–H and O–H groups in total. The summed E-state index contributed by atoms with van der Waals surface area (Å²) in [6, 6.07) is 21.5. The van der Waals surface area contributed by atoms with Gasteiger partial charge in [0.1, 0.15) is 5.82 Å². The summed E-state index contributed by atoms with van der Waals surface area (Å²) in [5, 5.41) is 4.20. The molecule has 5 rings (SSSR count). The summed E-state index contributed by atoms with van der Waals surface area (Å²) in [5.74, 6) is -0.758. The van der Waals surface area contributed by atoms with E-state index in [9.17, 15) is 14.0 Å². The monoisotopic (exact) mass is 511 g/mol. The highest BCUT2D eigenvalue weighted by molar-refractivity contribution is 6.12. The minimum atomic E-state index is -0.392. The van der Waals surface area contributed by atoms with Gasteiger partial charge in [-0.1, -0.05) is 24.3 Å². The van der Waals surface area contributed by atoms with Gasteiger partial charge in [-0.25, -0.2) is 9.82 Å². The zero-order valence-electron chi connectivity index (χ0n) is 21.3. The lowest BCUT2D eigenvalue weighted by molar-refractivity contribution is -0.121. The third kappa shape index (κ3) is 5.50. The first-order valence-corrected chi connectivity index (χ1v) is 12.8. The first kappa shape index (κ1) is 25.4. The molecule has 0 saturated carbocycles. The van der Waals surface area contributed by atoms with Gasteiger partial charge in [0.05, 0.1) is 17.4 Å². The van der Waals surface area contributed by atoms with Crippen molar-refractivity contribution in [2.75, 3.05) is 37.6 Å². The lowest BCUT2D eigenvalue weighted by Gasteiger charge is -2.36. The minimum Gasteiger partial charge on any atom is -0.369 e. The van der Waals surface area contributed by atoms with Crippen LogP contribution in [-0.4, -0.2) is 59.9 Å². The lowest BCUT2D eigenvalue weighted by atomic mass is 10.0. The first-order chi connectivity index (χ1) is 18.5. The SMILES string of the molecule is Cc1c(/C=N/NC(=O)CCN2CCN(c3ccccc3)CC2)c2ccccn2c1C(=O)c1ccc(F)cc1. The van der Waals surface area contributed by atoms with Crippen LogP contribution in [-0.2, 0) is 4.79 Å². The van der Waals surface area contributed by atoms with Crippen LogP contribution in [0, 0.1) is 12.7 Å². The fourth-order valence-corrected chi connectivity index (χ4v) is 4.89. The van der Waals surface area contributed by atoms with Crippen LogP contribution in [0.15, 0.2) is 84.1 Å². The number of nitrogens with zero attached hydrogens (tertiary/aromatic N) is 4. The predicted molar refractivity (Wildman–Crippen MR) is 147 cm³/mol. The van der Waals surface area contributed by atoms with Crippen molar-refractivity contribution >= 4 is 29.1 Å². The van der Waals surface area contributed by atoms with Gasteiger partial charge in [0.2, 0.25) is 11.7 Å². The Bertz CT molecular complexity index is 1460. The Kier molecular flexibility index (Phi) is 7.60. The molecule has 1 amide bonds. The van der Waals surface area contributed by atoms with Gasteiger partial charge in [0.15, 0.2) is 0 Å². The van der Waals surface area contributed by atoms with Crippen LogP contribution in [0.4, 0.5) is 10.1 Å². The fourth-order valence-electron chi connectivity index (χ4n) is 4.89. The summed E-state index contributed by atoms with van der Waals surface area (Å²) < 4.78 is 15.2. The van der Waals surface area contributed by atoms with Crippen molar-refractivity contribution < 1.29 is 14.0 Å². The van der Waals surface area contributed by atoms with Gasteiger partial charge in [-0.2, -0.15) is 5.10 Å². The van der Waals surface area contributed by atoms with Crippen molar-refractivity contribution in [3.8, 4) is 0 Å². The van der Waals surface area contributed by atoms with E-state index < -0.39 is 5.82 Å². The van der Waals surface area contributed by atoms with Crippen LogP contribution < -0.4 is 10.3 Å². The number of piperazine rings is 1. The summed E-state index contributed by atoms with van der Waals surface area (Å²) in [5.41, 5.74) is 7.02. The van der Waals surface area contributed by atoms with E-state index in [0.29, 0.717) is 24.2 Å². The van der Waals surface area contributed by atoms with Gasteiger partial charge >= 0.3 is 0 Å². The Morgan fingerprint density at radius 1 is 0.947 bits per heavy atom. The molecule has 38 heavy (non-hydrogen) atoms. The van der Waals surface area contributed by atoms with Gasteiger partial charge in [0.25, 0.3) is 0 Å². The summed E-state index contributed by atoms with van der Waals surface area (Å²) in [6.07, 6.45) is 3.75. The van der Waals surface area contributed by atoms with Crippen LogP contribution in [0.25, 0.3) is 5.52 Å². The number of amides is 1. The van der Waals surface area contributed by atoms with Crippen LogP contribution >= 0.6 is 0 Å². The second kappa shape index (κ2) is 11.4. The van der Waals surface area contributed by atoms with E-state index in [-0.39, 0.29) is 11.7 Å². The van der Waals surface area contributed by atoms with E-state index in [1.54, 1.807) is 10.6 Å². The number of para-hydroxylation sites is 1. The molecule has 1 fully saturated rings. The van der Waals surface area contributed by atoms with Gasteiger partial charge in [-0.05, 0) is 61.0 Å². The smallest absolute Gasteiger partial charge is 0.241 e. The number of carbonyl (C=O) groups excluding carboxylic acids is 2. The fraction of sp³-hybridized carbons (Fsp3) is 0.233. The van der Waals surface area contributed by atoms with Crippen molar-refractivity contribution in [2.24, 2.45) is 5.10 Å². The number of hydrogen-bond acceptors (Lipinski definition) is 5. The maximum atomic E-state index is 13.4. The number of aromatic nitrogens is 1. The van der Waals surface area contributed by atoms with Gasteiger partial charge in [0, 0.05) is 62.2 Å². The maximum Gasteiger partial charge on any atom is 0.241 e. The molecular weight excluding hydrogens is 481 g/mol. The molecule has 2 aromatic heterocycles. The highest BCUT2D eigenvalue weighted by atomic mass is 19.1. The zero-order valence-corrected chi connectivity index (χ0v) is 21.3. The molecule has 3 heterocycles. The Labute approximate surface area is 221 Å². The van der Waals surface area contributed by atoms with Gasteiger partial charge < -0.3 is 9.30 Å². The highest BCUT2D eigenvalue weighted by Crippen LogP contribution is 2.24. The molecule has 7 nitrogen and oxygen atoms in total. The van der Waals surface area contributed by atoms with Crippen molar-refractivity contribution in [3.05, 3.63) is 107 Å². The lowest BCUT2D eigenvalue weighted by Crippen LogP contribution is -2.47. The normalized spacial score (nSPS) is 14.3. The Morgan fingerprint density at radius 3 is 2.39 bits per heavy atom. The largest absolute Gasteiger partial charge is 0.369 e. The van der Waals surface area contributed by atoms with Crippen LogP contribution in [0.3, 0.4) is 0 Å². The molecule has 0 bridgehead atoms. The van der Waals surface area contributed by atoms with Crippen molar-refractivity contribution in [1.29, 1.82) is 0 Å². The van der Waals surface area contributed by atoms with E-state index in [4.69, 9.17) is 0 Å². The van der Waals surface area contributed by atoms with Crippen molar-refractivity contribution in [2.45, 2.75) is 13.3 Å². The molecule has 1 aliphatic heterocycles. The van der Waals surface area contributed by atoms with Crippen molar-refractivity contribution in [1.82, 2.24) is 14.7 Å². The Balaban J connectivity index is 1.20. The van der Waals surface area contributed by atoms with Gasteiger partial charge in [-0.3, -0.25) is 14.5 Å². The van der Waals surface area contributed by atoms with Crippen molar-refractivity contribution in [3.63, 3.8) is 0 Å². The molecule has 0 aliphatic carbocycles. The Hall–Kier alpha value is -4.30. The molecule has 2 aromatic carbocycles. The third-order valence-corrected chi connectivity index (χ3v) is 6.99. The average molecular weight is 512 g/mol. The van der Waals surface area contributed by atoms with E-state index in [2.05, 4.69) is 44.6 Å². The standard InChI is InChI=1S/C30H30FN5O2/c1-22-26(27-9-5-6-15-36(27)29(22)30(38)23-10-12-24(31)13-11-23)21-32-33-28(37)14-16-34-17-19-35(20-18-34)25-7-3-2-4-8-25/h2-13,15,21H,14,16-20H2,1H3,(H,33,37)/b32-21+.